The van der Waals surface area contributed by atoms with Crippen molar-refractivity contribution in [3.63, 3.8) is 0 Å². The summed E-state index contributed by atoms with van der Waals surface area (Å²) in [6.07, 6.45) is 0.644. The van der Waals surface area contributed by atoms with E-state index in [1.807, 2.05) is 0 Å². The molecule has 0 aromatic carbocycles. The van der Waals surface area contributed by atoms with Crippen molar-refractivity contribution in [2.75, 3.05) is 25.1 Å². The van der Waals surface area contributed by atoms with Gasteiger partial charge >= 0.3 is 0 Å². The van der Waals surface area contributed by atoms with Gasteiger partial charge in [0, 0.05) is 26.6 Å². The van der Waals surface area contributed by atoms with Crippen LogP contribution in [-0.2, 0) is 11.8 Å². The molecule has 1 atom stereocenters. The average molecular weight is 199 g/mol. The van der Waals surface area contributed by atoms with Crippen molar-refractivity contribution in [1.82, 2.24) is 20.2 Å². The second kappa shape index (κ2) is 3.50. The summed E-state index contributed by atoms with van der Waals surface area (Å²) in [4.78, 5) is 0. The van der Waals surface area contributed by atoms with E-state index in [1.54, 1.807) is 7.05 Å². The SMILES string of the molecule is Cn1nnnc1NCC1(O)CCOC1. The summed E-state index contributed by atoms with van der Waals surface area (Å²) in [5.41, 5.74) is -0.786. The maximum atomic E-state index is 9.92. The Morgan fingerprint density at radius 1 is 1.71 bits per heavy atom. The summed E-state index contributed by atoms with van der Waals surface area (Å²) in [6.45, 7) is 1.38. The lowest BCUT2D eigenvalue weighted by Gasteiger charge is -2.20. The van der Waals surface area contributed by atoms with Crippen molar-refractivity contribution in [2.45, 2.75) is 12.0 Å². The predicted molar refractivity (Wildman–Crippen MR) is 47.7 cm³/mol. The quantitative estimate of drug-likeness (QED) is 0.634. The van der Waals surface area contributed by atoms with Gasteiger partial charge in [-0.3, -0.25) is 0 Å². The largest absolute Gasteiger partial charge is 0.386 e. The molecular formula is C7H13N5O2. The van der Waals surface area contributed by atoms with Gasteiger partial charge in [0.25, 0.3) is 0 Å². The Kier molecular flexibility index (Phi) is 2.34. The Bertz CT molecular complexity index is 307. The zero-order valence-electron chi connectivity index (χ0n) is 7.97. The first-order valence-corrected chi connectivity index (χ1v) is 4.46. The number of ether oxygens (including phenoxy) is 1. The second-order valence-corrected chi connectivity index (χ2v) is 3.51. The minimum Gasteiger partial charge on any atom is -0.386 e. The lowest BCUT2D eigenvalue weighted by atomic mass is 10.0. The van der Waals surface area contributed by atoms with Crippen LogP contribution in [0.5, 0.6) is 0 Å². The average Bonchev–Trinajstić information content (AvgIpc) is 2.73. The molecule has 1 aliphatic rings. The van der Waals surface area contributed by atoms with E-state index in [0.29, 0.717) is 32.1 Å². The maximum Gasteiger partial charge on any atom is 0.242 e. The summed E-state index contributed by atoms with van der Waals surface area (Å²) in [5, 5.41) is 23.8. The summed E-state index contributed by atoms with van der Waals surface area (Å²) in [6, 6.07) is 0. The number of aliphatic hydroxyl groups is 1. The van der Waals surface area contributed by atoms with Crippen LogP contribution in [0.2, 0.25) is 0 Å². The molecule has 14 heavy (non-hydrogen) atoms. The van der Waals surface area contributed by atoms with Gasteiger partial charge in [-0.1, -0.05) is 5.10 Å². The third-order valence-corrected chi connectivity index (χ3v) is 2.28. The third-order valence-electron chi connectivity index (χ3n) is 2.28. The molecule has 1 aromatic rings. The van der Waals surface area contributed by atoms with E-state index in [-0.39, 0.29) is 0 Å². The first kappa shape index (κ1) is 9.35. The maximum absolute atomic E-state index is 9.92. The molecule has 0 bridgehead atoms. The van der Waals surface area contributed by atoms with Crippen molar-refractivity contribution in [2.24, 2.45) is 7.05 Å². The molecule has 1 fully saturated rings. The molecule has 78 valence electrons. The first-order valence-electron chi connectivity index (χ1n) is 4.46. The van der Waals surface area contributed by atoms with Crippen LogP contribution in [0.1, 0.15) is 6.42 Å². The Labute approximate surface area is 81.1 Å². The van der Waals surface area contributed by atoms with E-state index < -0.39 is 5.60 Å². The van der Waals surface area contributed by atoms with E-state index in [1.165, 1.54) is 4.68 Å². The van der Waals surface area contributed by atoms with Gasteiger partial charge in [-0.2, -0.15) is 0 Å². The Hall–Kier alpha value is -1.21. The number of nitrogens with one attached hydrogen (secondary N) is 1. The van der Waals surface area contributed by atoms with Crippen LogP contribution >= 0.6 is 0 Å². The molecule has 1 aromatic heterocycles. The lowest BCUT2D eigenvalue weighted by Crippen LogP contribution is -2.37. The van der Waals surface area contributed by atoms with E-state index in [0.717, 1.165) is 0 Å². The lowest BCUT2D eigenvalue weighted by molar-refractivity contribution is 0.0380. The molecule has 2 heterocycles. The van der Waals surface area contributed by atoms with E-state index in [9.17, 15) is 5.11 Å². The summed E-state index contributed by atoms with van der Waals surface area (Å²) in [7, 11) is 1.73. The predicted octanol–water partition coefficient (Wildman–Crippen LogP) is -1.23. The summed E-state index contributed by atoms with van der Waals surface area (Å²) in [5.74, 6) is 0.547. The van der Waals surface area contributed by atoms with Crippen LogP contribution in [0.4, 0.5) is 5.95 Å². The van der Waals surface area contributed by atoms with Gasteiger partial charge in [0.1, 0.15) is 5.60 Å². The van der Waals surface area contributed by atoms with Gasteiger partial charge in [0.2, 0.25) is 5.95 Å². The highest BCUT2D eigenvalue weighted by atomic mass is 16.5. The standard InChI is InChI=1S/C7H13N5O2/c1-12-6(9-10-11-12)8-4-7(13)2-3-14-5-7/h13H,2-5H2,1H3,(H,8,9,11). The Balaban J connectivity index is 1.91. The highest BCUT2D eigenvalue weighted by Crippen LogP contribution is 2.18. The van der Waals surface area contributed by atoms with Crippen LogP contribution in [-0.4, -0.2) is 50.7 Å². The fraction of sp³-hybridized carbons (Fsp3) is 0.857. The number of rotatable bonds is 3. The number of aromatic nitrogens is 4. The number of nitrogens with zero attached hydrogens (tertiary/aromatic N) is 4. The van der Waals surface area contributed by atoms with Gasteiger partial charge in [0.05, 0.1) is 6.61 Å². The van der Waals surface area contributed by atoms with Gasteiger partial charge in [-0.15, -0.1) is 0 Å². The molecule has 7 heteroatoms. The minimum atomic E-state index is -0.786. The molecule has 1 unspecified atom stereocenters. The molecule has 0 amide bonds. The second-order valence-electron chi connectivity index (χ2n) is 3.51. The molecule has 2 rings (SSSR count). The molecule has 2 N–H and O–H groups in total. The van der Waals surface area contributed by atoms with Gasteiger partial charge < -0.3 is 15.2 Å². The highest BCUT2D eigenvalue weighted by molar-refractivity contribution is 5.22. The smallest absolute Gasteiger partial charge is 0.242 e. The van der Waals surface area contributed by atoms with E-state index >= 15 is 0 Å². The zero-order chi connectivity index (χ0) is 10.0. The monoisotopic (exact) mass is 199 g/mol. The summed E-state index contributed by atoms with van der Waals surface area (Å²) >= 11 is 0. The normalized spacial score (nSPS) is 26.7. The van der Waals surface area contributed by atoms with Crippen LogP contribution in [0, 0.1) is 0 Å². The van der Waals surface area contributed by atoms with E-state index in [2.05, 4.69) is 20.8 Å². The van der Waals surface area contributed by atoms with Crippen LogP contribution in [0.15, 0.2) is 0 Å². The molecular weight excluding hydrogens is 186 g/mol. The molecule has 7 nitrogen and oxygen atoms in total. The van der Waals surface area contributed by atoms with Crippen molar-refractivity contribution >= 4 is 5.95 Å². The van der Waals surface area contributed by atoms with Gasteiger partial charge in [0.15, 0.2) is 0 Å². The first-order chi connectivity index (χ1) is 6.70. The highest BCUT2D eigenvalue weighted by Gasteiger charge is 2.32. The number of hydrogen-bond donors (Lipinski definition) is 2. The van der Waals surface area contributed by atoms with Crippen molar-refractivity contribution < 1.29 is 9.84 Å². The van der Waals surface area contributed by atoms with Crippen LogP contribution in [0.25, 0.3) is 0 Å². The number of hydrogen-bond acceptors (Lipinski definition) is 6. The van der Waals surface area contributed by atoms with E-state index in [4.69, 9.17) is 4.74 Å². The fourth-order valence-electron chi connectivity index (χ4n) is 1.36. The molecule has 1 saturated heterocycles. The molecule has 0 spiro atoms. The fourth-order valence-corrected chi connectivity index (χ4v) is 1.36. The number of tetrazole rings is 1. The van der Waals surface area contributed by atoms with Crippen LogP contribution in [0.3, 0.4) is 0 Å². The third kappa shape index (κ3) is 1.83. The Morgan fingerprint density at radius 2 is 2.57 bits per heavy atom. The molecule has 1 aliphatic heterocycles. The summed E-state index contributed by atoms with van der Waals surface area (Å²) < 4.78 is 6.62. The van der Waals surface area contributed by atoms with Crippen LogP contribution < -0.4 is 5.32 Å². The van der Waals surface area contributed by atoms with Gasteiger partial charge in [-0.25, -0.2) is 4.68 Å². The number of aryl methyl sites for hydroxylation is 1. The van der Waals surface area contributed by atoms with Crippen molar-refractivity contribution in [3.05, 3.63) is 0 Å². The molecule has 0 aliphatic carbocycles. The minimum absolute atomic E-state index is 0.366. The van der Waals surface area contributed by atoms with Crippen molar-refractivity contribution in [1.29, 1.82) is 0 Å². The molecule has 0 saturated carbocycles. The number of anilines is 1. The Morgan fingerprint density at radius 3 is 3.14 bits per heavy atom. The van der Waals surface area contributed by atoms with Crippen molar-refractivity contribution in [3.8, 4) is 0 Å². The van der Waals surface area contributed by atoms with Gasteiger partial charge in [-0.05, 0) is 10.4 Å². The zero-order valence-corrected chi connectivity index (χ0v) is 7.97. The molecule has 0 radical (unpaired) electrons. The topological polar surface area (TPSA) is 85.1 Å².